The largest absolute Gasteiger partial charge is 0.464 e. The number of carbonyl (C=O) groups is 2. The Bertz CT molecular complexity index is 599. The van der Waals surface area contributed by atoms with Gasteiger partial charge >= 0.3 is 5.97 Å². The molecule has 0 bridgehead atoms. The van der Waals surface area contributed by atoms with Crippen molar-refractivity contribution in [2.75, 3.05) is 7.11 Å². The minimum atomic E-state index is -0.527. The van der Waals surface area contributed by atoms with Crippen molar-refractivity contribution in [2.45, 2.75) is 6.92 Å². The molecule has 0 aliphatic carbocycles. The number of carbonyl (C=O) groups excluding carboxylic acids is 2. The number of hydrogen-bond donors (Lipinski definition) is 0. The number of nitrogens with zero attached hydrogens (tertiary/aromatic N) is 1. The molecular weight excluding hydrogens is 230 g/mol. The predicted octanol–water partition coefficient (Wildman–Crippen LogP) is 2.27. The fourth-order valence-electron chi connectivity index (χ4n) is 1.75. The third-order valence-electron chi connectivity index (χ3n) is 2.63. The molecule has 0 N–H and O–H groups in total. The van der Waals surface area contributed by atoms with E-state index in [9.17, 15) is 9.59 Å². The summed E-state index contributed by atoms with van der Waals surface area (Å²) < 4.78 is 5.93. The van der Waals surface area contributed by atoms with E-state index in [0.717, 1.165) is 5.56 Å². The number of esters is 1. The van der Waals surface area contributed by atoms with Crippen molar-refractivity contribution in [3.05, 3.63) is 59.4 Å². The molecule has 0 saturated carbocycles. The van der Waals surface area contributed by atoms with E-state index in [0.29, 0.717) is 5.56 Å². The number of methoxy groups -OCH3 is 1. The van der Waals surface area contributed by atoms with E-state index in [1.807, 2.05) is 19.1 Å². The summed E-state index contributed by atoms with van der Waals surface area (Å²) in [4.78, 5) is 23.8. The summed E-state index contributed by atoms with van der Waals surface area (Å²) in [5, 5.41) is 0. The molecule has 0 spiro atoms. The van der Waals surface area contributed by atoms with Crippen LogP contribution in [0, 0.1) is 6.92 Å². The van der Waals surface area contributed by atoms with Gasteiger partial charge in [-0.2, -0.15) is 0 Å². The quantitative estimate of drug-likeness (QED) is 0.760. The fraction of sp³-hybridized carbons (Fsp3) is 0.143. The van der Waals surface area contributed by atoms with Crippen LogP contribution in [0.1, 0.15) is 26.4 Å². The highest BCUT2D eigenvalue weighted by molar-refractivity contribution is 6.01. The van der Waals surface area contributed by atoms with Gasteiger partial charge in [-0.25, -0.2) is 4.79 Å². The lowest BCUT2D eigenvalue weighted by molar-refractivity contribution is 0.0583. The standard InChI is InChI=1S/C14H13NO3/c1-10-5-3-6-11(9-10)13(16)15-8-4-7-12(15)14(17)18-2/h3-9H,1-2H3. The molecule has 0 saturated heterocycles. The van der Waals surface area contributed by atoms with Crippen LogP contribution in [0.2, 0.25) is 0 Å². The number of hydrogen-bond acceptors (Lipinski definition) is 3. The van der Waals surface area contributed by atoms with Crippen LogP contribution in [-0.4, -0.2) is 23.6 Å². The molecule has 0 amide bonds. The van der Waals surface area contributed by atoms with Gasteiger partial charge in [-0.3, -0.25) is 9.36 Å². The van der Waals surface area contributed by atoms with Crippen molar-refractivity contribution < 1.29 is 14.3 Å². The van der Waals surface area contributed by atoms with Crippen molar-refractivity contribution in [1.29, 1.82) is 0 Å². The minimum absolute atomic E-state index is 0.226. The van der Waals surface area contributed by atoms with Crippen LogP contribution in [0.3, 0.4) is 0 Å². The number of rotatable bonds is 2. The molecule has 0 aliphatic rings. The average molecular weight is 243 g/mol. The van der Waals surface area contributed by atoms with Crippen LogP contribution < -0.4 is 0 Å². The number of aryl methyl sites for hydroxylation is 1. The number of aromatic nitrogens is 1. The predicted molar refractivity (Wildman–Crippen MR) is 66.7 cm³/mol. The first-order chi connectivity index (χ1) is 8.63. The zero-order valence-corrected chi connectivity index (χ0v) is 10.2. The second-order valence-corrected chi connectivity index (χ2v) is 3.93. The summed E-state index contributed by atoms with van der Waals surface area (Å²) in [6.07, 6.45) is 1.55. The van der Waals surface area contributed by atoms with Gasteiger partial charge in [0.2, 0.25) is 0 Å². The average Bonchev–Trinajstić information content (AvgIpc) is 2.86. The van der Waals surface area contributed by atoms with E-state index < -0.39 is 5.97 Å². The number of benzene rings is 1. The molecule has 0 aliphatic heterocycles. The highest BCUT2D eigenvalue weighted by Crippen LogP contribution is 2.10. The minimum Gasteiger partial charge on any atom is -0.464 e. The first-order valence-corrected chi connectivity index (χ1v) is 5.50. The van der Waals surface area contributed by atoms with Crippen LogP contribution in [0.25, 0.3) is 0 Å². The normalized spacial score (nSPS) is 10.1. The van der Waals surface area contributed by atoms with E-state index in [4.69, 9.17) is 0 Å². The molecule has 1 heterocycles. The van der Waals surface area contributed by atoms with Gasteiger partial charge in [-0.15, -0.1) is 0 Å². The maximum absolute atomic E-state index is 12.3. The molecule has 0 unspecified atom stereocenters. The summed E-state index contributed by atoms with van der Waals surface area (Å²) in [6, 6.07) is 10.4. The first-order valence-electron chi connectivity index (χ1n) is 5.50. The lowest BCUT2D eigenvalue weighted by Crippen LogP contribution is -2.17. The van der Waals surface area contributed by atoms with Crippen LogP contribution in [0.4, 0.5) is 0 Å². The highest BCUT2D eigenvalue weighted by Gasteiger charge is 2.17. The molecule has 4 nitrogen and oxygen atoms in total. The van der Waals surface area contributed by atoms with Crippen LogP contribution in [-0.2, 0) is 4.74 Å². The molecular formula is C14H13NO3. The second-order valence-electron chi connectivity index (χ2n) is 3.93. The Hall–Kier alpha value is -2.36. The van der Waals surface area contributed by atoms with Crippen molar-refractivity contribution in [3.8, 4) is 0 Å². The zero-order chi connectivity index (χ0) is 13.1. The molecule has 2 rings (SSSR count). The monoisotopic (exact) mass is 243 g/mol. The van der Waals surface area contributed by atoms with Crippen molar-refractivity contribution in [2.24, 2.45) is 0 Å². The Labute approximate surface area is 105 Å². The van der Waals surface area contributed by atoms with Gasteiger partial charge in [-0.05, 0) is 31.2 Å². The molecule has 1 aromatic heterocycles. The molecule has 1 aromatic carbocycles. The third kappa shape index (κ3) is 2.18. The van der Waals surface area contributed by atoms with Crippen molar-refractivity contribution >= 4 is 11.9 Å². The fourth-order valence-corrected chi connectivity index (χ4v) is 1.75. The Morgan fingerprint density at radius 2 is 1.94 bits per heavy atom. The van der Waals surface area contributed by atoms with Gasteiger partial charge in [0.1, 0.15) is 5.69 Å². The molecule has 18 heavy (non-hydrogen) atoms. The lowest BCUT2D eigenvalue weighted by Gasteiger charge is -2.06. The van der Waals surface area contributed by atoms with Gasteiger partial charge in [-0.1, -0.05) is 17.7 Å². The molecule has 4 heteroatoms. The maximum Gasteiger partial charge on any atom is 0.355 e. The molecule has 0 radical (unpaired) electrons. The lowest BCUT2D eigenvalue weighted by atomic mass is 10.1. The van der Waals surface area contributed by atoms with Gasteiger partial charge in [0, 0.05) is 11.8 Å². The van der Waals surface area contributed by atoms with Gasteiger partial charge < -0.3 is 4.74 Å². The van der Waals surface area contributed by atoms with Gasteiger partial charge in [0.05, 0.1) is 7.11 Å². The molecule has 2 aromatic rings. The SMILES string of the molecule is COC(=O)c1cccn1C(=O)c1cccc(C)c1. The van der Waals surface area contributed by atoms with Crippen molar-refractivity contribution in [3.63, 3.8) is 0 Å². The van der Waals surface area contributed by atoms with Gasteiger partial charge in [0.25, 0.3) is 5.91 Å². The topological polar surface area (TPSA) is 48.3 Å². The summed E-state index contributed by atoms with van der Waals surface area (Å²) in [5.74, 6) is -0.773. The van der Waals surface area contributed by atoms with E-state index in [1.165, 1.54) is 11.7 Å². The molecule has 0 atom stereocenters. The van der Waals surface area contributed by atoms with Crippen LogP contribution >= 0.6 is 0 Å². The van der Waals surface area contributed by atoms with E-state index in [1.54, 1.807) is 30.5 Å². The molecule has 92 valence electrons. The Morgan fingerprint density at radius 1 is 1.17 bits per heavy atom. The smallest absolute Gasteiger partial charge is 0.355 e. The second kappa shape index (κ2) is 4.87. The van der Waals surface area contributed by atoms with Crippen molar-refractivity contribution in [1.82, 2.24) is 4.57 Å². The summed E-state index contributed by atoms with van der Waals surface area (Å²) >= 11 is 0. The number of ether oxygens (including phenoxy) is 1. The van der Waals surface area contributed by atoms with E-state index in [2.05, 4.69) is 4.74 Å². The Morgan fingerprint density at radius 3 is 2.61 bits per heavy atom. The summed E-state index contributed by atoms with van der Waals surface area (Å²) in [7, 11) is 1.29. The van der Waals surface area contributed by atoms with E-state index >= 15 is 0 Å². The maximum atomic E-state index is 12.3. The highest BCUT2D eigenvalue weighted by atomic mass is 16.5. The third-order valence-corrected chi connectivity index (χ3v) is 2.63. The molecule has 0 fully saturated rings. The summed E-state index contributed by atoms with van der Waals surface area (Å²) in [6.45, 7) is 1.91. The summed E-state index contributed by atoms with van der Waals surface area (Å²) in [5.41, 5.74) is 1.76. The Kier molecular flexibility index (Phi) is 3.28. The Balaban J connectivity index is 2.41. The van der Waals surface area contributed by atoms with Gasteiger partial charge in [0.15, 0.2) is 0 Å². The van der Waals surface area contributed by atoms with Crippen LogP contribution in [0.5, 0.6) is 0 Å². The zero-order valence-electron chi connectivity index (χ0n) is 10.2. The van der Waals surface area contributed by atoms with Crippen LogP contribution in [0.15, 0.2) is 42.6 Å². The van der Waals surface area contributed by atoms with E-state index in [-0.39, 0.29) is 11.6 Å². The first kappa shape index (κ1) is 12.1.